The highest BCUT2D eigenvalue weighted by atomic mass is 19.1. The average molecular weight is 232 g/mol. The van der Waals surface area contributed by atoms with Gasteiger partial charge in [-0.25, -0.2) is 9.18 Å². The van der Waals surface area contributed by atoms with Crippen LogP contribution in [-0.2, 0) is 0 Å². The summed E-state index contributed by atoms with van der Waals surface area (Å²) in [5.74, 6) is -0.409. The third kappa shape index (κ3) is 3.23. The quantitative estimate of drug-likeness (QED) is 0.834. The Morgan fingerprint density at radius 2 is 1.94 bits per heavy atom. The topological polar surface area (TPSA) is 66.9 Å². The molecule has 5 nitrogen and oxygen atoms in total. The van der Waals surface area contributed by atoms with E-state index in [-0.39, 0.29) is 0 Å². The number of benzene rings is 1. The maximum Gasteiger partial charge on any atom is 0.323 e. The Balaban J connectivity index is 1.98. The number of urea groups is 1. The van der Waals surface area contributed by atoms with Gasteiger partial charge < -0.3 is 10.6 Å². The Morgan fingerprint density at radius 1 is 1.12 bits per heavy atom. The van der Waals surface area contributed by atoms with Gasteiger partial charge in [-0.2, -0.15) is 10.2 Å². The van der Waals surface area contributed by atoms with Gasteiger partial charge in [0.25, 0.3) is 0 Å². The maximum absolute atomic E-state index is 12.9. The van der Waals surface area contributed by atoms with Gasteiger partial charge in [0, 0.05) is 5.69 Å². The Hall–Kier alpha value is -2.50. The molecule has 2 rings (SSSR count). The van der Waals surface area contributed by atoms with Gasteiger partial charge in [-0.3, -0.25) is 0 Å². The van der Waals surface area contributed by atoms with Crippen LogP contribution in [0.2, 0.25) is 0 Å². The summed E-state index contributed by atoms with van der Waals surface area (Å²) >= 11 is 0. The number of amides is 2. The van der Waals surface area contributed by atoms with E-state index in [0.717, 1.165) is 0 Å². The van der Waals surface area contributed by atoms with Gasteiger partial charge in [0.1, 0.15) is 5.82 Å². The molecule has 0 atom stereocenters. The van der Waals surface area contributed by atoms with Crippen molar-refractivity contribution >= 4 is 17.4 Å². The number of hydrogen-bond acceptors (Lipinski definition) is 3. The zero-order chi connectivity index (χ0) is 12.1. The molecule has 0 spiro atoms. The standard InChI is InChI=1S/C11H9FN4O/c12-8-2-1-3-9(6-8)15-11(17)16-10-4-5-13-14-7-10/h1-7H,(H2,13,15,16,17). The van der Waals surface area contributed by atoms with Crippen molar-refractivity contribution in [2.24, 2.45) is 0 Å². The van der Waals surface area contributed by atoms with Crippen LogP contribution in [0.15, 0.2) is 42.7 Å². The molecule has 0 saturated heterocycles. The number of halogens is 1. The lowest BCUT2D eigenvalue weighted by Crippen LogP contribution is -2.19. The van der Waals surface area contributed by atoms with Crippen molar-refractivity contribution in [2.45, 2.75) is 0 Å². The molecular weight excluding hydrogens is 223 g/mol. The molecule has 6 heteroatoms. The van der Waals surface area contributed by atoms with E-state index in [2.05, 4.69) is 20.8 Å². The summed E-state index contributed by atoms with van der Waals surface area (Å²) < 4.78 is 12.9. The normalized spacial score (nSPS) is 9.71. The van der Waals surface area contributed by atoms with Gasteiger partial charge in [0.2, 0.25) is 0 Å². The van der Waals surface area contributed by atoms with Crippen LogP contribution >= 0.6 is 0 Å². The minimum Gasteiger partial charge on any atom is -0.308 e. The smallest absolute Gasteiger partial charge is 0.308 e. The fraction of sp³-hybridized carbons (Fsp3) is 0. The lowest BCUT2D eigenvalue weighted by Gasteiger charge is -2.06. The Morgan fingerprint density at radius 3 is 2.65 bits per heavy atom. The monoisotopic (exact) mass is 232 g/mol. The second kappa shape index (κ2) is 5.02. The minimum absolute atomic E-state index is 0.379. The summed E-state index contributed by atoms with van der Waals surface area (Å²) in [6.45, 7) is 0. The zero-order valence-corrected chi connectivity index (χ0v) is 8.72. The van der Waals surface area contributed by atoms with E-state index in [1.807, 2.05) is 0 Å². The number of nitrogens with one attached hydrogen (secondary N) is 2. The van der Waals surface area contributed by atoms with Gasteiger partial charge in [-0.05, 0) is 24.3 Å². The van der Waals surface area contributed by atoms with Crippen molar-refractivity contribution in [1.82, 2.24) is 10.2 Å². The minimum atomic E-state index is -0.469. The number of rotatable bonds is 2. The first-order valence-corrected chi connectivity index (χ1v) is 4.84. The molecule has 1 aromatic heterocycles. The average Bonchev–Trinajstić information content (AvgIpc) is 2.30. The molecule has 0 radical (unpaired) electrons. The van der Waals surface area contributed by atoms with E-state index in [4.69, 9.17) is 0 Å². The van der Waals surface area contributed by atoms with Gasteiger partial charge in [0.05, 0.1) is 18.1 Å². The summed E-state index contributed by atoms with van der Waals surface area (Å²) in [5, 5.41) is 12.2. The number of anilines is 2. The molecule has 1 heterocycles. The van der Waals surface area contributed by atoms with Crippen molar-refractivity contribution < 1.29 is 9.18 Å². The van der Waals surface area contributed by atoms with Gasteiger partial charge in [0.15, 0.2) is 0 Å². The summed E-state index contributed by atoms with van der Waals surface area (Å²) in [5.41, 5.74) is 0.887. The van der Waals surface area contributed by atoms with Crippen molar-refractivity contribution in [3.63, 3.8) is 0 Å². The van der Waals surface area contributed by atoms with E-state index in [1.165, 1.54) is 30.6 Å². The van der Waals surface area contributed by atoms with E-state index < -0.39 is 11.8 Å². The molecule has 0 unspecified atom stereocenters. The maximum atomic E-state index is 12.9. The van der Waals surface area contributed by atoms with Crippen LogP contribution in [0.25, 0.3) is 0 Å². The van der Waals surface area contributed by atoms with Crippen LogP contribution in [0.4, 0.5) is 20.6 Å². The second-order valence-corrected chi connectivity index (χ2v) is 3.22. The molecule has 2 N–H and O–H groups in total. The Labute approximate surface area is 96.7 Å². The van der Waals surface area contributed by atoms with E-state index in [1.54, 1.807) is 12.1 Å². The highest BCUT2D eigenvalue weighted by molar-refractivity contribution is 5.99. The van der Waals surface area contributed by atoms with Gasteiger partial charge >= 0.3 is 6.03 Å². The third-order valence-corrected chi connectivity index (χ3v) is 1.92. The van der Waals surface area contributed by atoms with Crippen molar-refractivity contribution in [3.05, 3.63) is 48.5 Å². The number of carbonyl (C=O) groups is 1. The molecule has 17 heavy (non-hydrogen) atoms. The number of carbonyl (C=O) groups excluding carboxylic acids is 1. The van der Waals surface area contributed by atoms with E-state index in [9.17, 15) is 9.18 Å². The lowest BCUT2D eigenvalue weighted by molar-refractivity contribution is 0.262. The fourth-order valence-electron chi connectivity index (χ4n) is 1.22. The van der Waals surface area contributed by atoms with E-state index >= 15 is 0 Å². The van der Waals surface area contributed by atoms with Crippen LogP contribution in [0.1, 0.15) is 0 Å². The summed E-state index contributed by atoms with van der Waals surface area (Å²) in [6, 6.07) is 6.76. The first-order valence-electron chi connectivity index (χ1n) is 4.84. The van der Waals surface area contributed by atoms with E-state index in [0.29, 0.717) is 11.4 Å². The van der Waals surface area contributed by atoms with Crippen molar-refractivity contribution in [3.8, 4) is 0 Å². The molecule has 0 aliphatic carbocycles. The zero-order valence-electron chi connectivity index (χ0n) is 8.72. The highest BCUT2D eigenvalue weighted by Gasteiger charge is 2.02. The van der Waals surface area contributed by atoms with Crippen molar-refractivity contribution in [2.75, 3.05) is 10.6 Å². The number of aromatic nitrogens is 2. The van der Waals surface area contributed by atoms with Crippen LogP contribution in [0, 0.1) is 5.82 Å². The summed E-state index contributed by atoms with van der Waals surface area (Å²) in [4.78, 5) is 11.5. The predicted octanol–water partition coefficient (Wildman–Crippen LogP) is 2.26. The van der Waals surface area contributed by atoms with Crippen LogP contribution in [0.5, 0.6) is 0 Å². The number of nitrogens with zero attached hydrogens (tertiary/aromatic N) is 2. The van der Waals surface area contributed by atoms with Crippen LogP contribution < -0.4 is 10.6 Å². The summed E-state index contributed by atoms with van der Waals surface area (Å²) in [6.07, 6.45) is 2.86. The Kier molecular flexibility index (Phi) is 3.25. The fourth-order valence-corrected chi connectivity index (χ4v) is 1.22. The molecule has 2 aromatic rings. The van der Waals surface area contributed by atoms with Crippen LogP contribution in [-0.4, -0.2) is 16.2 Å². The first-order chi connectivity index (χ1) is 8.24. The van der Waals surface area contributed by atoms with Crippen LogP contribution in [0.3, 0.4) is 0 Å². The molecule has 0 fully saturated rings. The van der Waals surface area contributed by atoms with Crippen molar-refractivity contribution in [1.29, 1.82) is 0 Å². The molecule has 0 aliphatic heterocycles. The Bertz CT molecular complexity index is 518. The van der Waals surface area contributed by atoms with Gasteiger partial charge in [-0.15, -0.1) is 0 Å². The molecular formula is C11H9FN4O. The first kappa shape index (κ1) is 11.0. The molecule has 0 aliphatic rings. The lowest BCUT2D eigenvalue weighted by atomic mass is 10.3. The second-order valence-electron chi connectivity index (χ2n) is 3.22. The molecule has 0 saturated carbocycles. The number of hydrogen-bond donors (Lipinski definition) is 2. The largest absolute Gasteiger partial charge is 0.323 e. The predicted molar refractivity (Wildman–Crippen MR) is 61.1 cm³/mol. The molecule has 1 aromatic carbocycles. The molecule has 2 amide bonds. The SMILES string of the molecule is O=C(Nc1ccnnc1)Nc1cccc(F)c1. The third-order valence-electron chi connectivity index (χ3n) is 1.92. The highest BCUT2D eigenvalue weighted by Crippen LogP contribution is 2.10. The molecule has 86 valence electrons. The summed E-state index contributed by atoms with van der Waals surface area (Å²) in [7, 11) is 0. The molecule has 0 bridgehead atoms. The van der Waals surface area contributed by atoms with Gasteiger partial charge in [-0.1, -0.05) is 6.07 Å².